The van der Waals surface area contributed by atoms with E-state index in [1.54, 1.807) is 0 Å². The highest BCUT2D eigenvalue weighted by molar-refractivity contribution is 5.50. The maximum Gasteiger partial charge on any atom is 0.132 e. The zero-order chi connectivity index (χ0) is 14.0. The Hall–Kier alpha value is -1.07. The van der Waals surface area contributed by atoms with Gasteiger partial charge in [-0.2, -0.15) is 5.10 Å². The molecule has 2 heterocycles. The summed E-state index contributed by atoms with van der Waals surface area (Å²) in [5, 5.41) is 13.9. The molecule has 1 aliphatic heterocycles. The lowest BCUT2D eigenvalue weighted by Crippen LogP contribution is -2.48. The maximum absolute atomic E-state index is 9.52. The lowest BCUT2D eigenvalue weighted by atomic mass is 10.2. The number of anilines is 1. The van der Waals surface area contributed by atoms with E-state index in [0.29, 0.717) is 0 Å². The van der Waals surface area contributed by atoms with Crippen molar-refractivity contribution in [3.05, 3.63) is 11.3 Å². The zero-order valence-corrected chi connectivity index (χ0v) is 12.6. The lowest BCUT2D eigenvalue weighted by Gasteiger charge is -2.37. The third-order valence-electron chi connectivity index (χ3n) is 3.77. The molecular weight excluding hydrogens is 240 g/mol. The van der Waals surface area contributed by atoms with Gasteiger partial charge in [-0.15, -0.1) is 0 Å². The summed E-state index contributed by atoms with van der Waals surface area (Å²) in [5.74, 6) is 1.81. The van der Waals surface area contributed by atoms with Crippen LogP contribution in [0, 0.1) is 12.8 Å². The highest BCUT2D eigenvalue weighted by Crippen LogP contribution is 2.24. The number of aliphatic hydroxyl groups is 1. The van der Waals surface area contributed by atoms with Crippen LogP contribution in [0.5, 0.6) is 0 Å². The van der Waals surface area contributed by atoms with Crippen molar-refractivity contribution in [1.29, 1.82) is 0 Å². The smallest absolute Gasteiger partial charge is 0.132 e. The molecule has 0 atom stereocenters. The van der Waals surface area contributed by atoms with Crippen molar-refractivity contribution >= 4 is 5.82 Å². The van der Waals surface area contributed by atoms with Crippen LogP contribution in [0.4, 0.5) is 5.82 Å². The molecule has 1 fully saturated rings. The molecule has 0 aliphatic carbocycles. The van der Waals surface area contributed by atoms with Crippen molar-refractivity contribution in [3.8, 4) is 0 Å². The number of nitrogens with zero attached hydrogens (tertiary/aromatic N) is 4. The number of piperazine rings is 1. The second kappa shape index (κ2) is 5.92. The zero-order valence-electron chi connectivity index (χ0n) is 12.6. The van der Waals surface area contributed by atoms with Gasteiger partial charge in [-0.3, -0.25) is 9.58 Å². The summed E-state index contributed by atoms with van der Waals surface area (Å²) in [6, 6.07) is 0. The molecule has 0 saturated carbocycles. The van der Waals surface area contributed by atoms with Crippen molar-refractivity contribution in [3.63, 3.8) is 0 Å². The Labute approximate surface area is 115 Å². The van der Waals surface area contributed by atoms with Gasteiger partial charge in [0.25, 0.3) is 0 Å². The van der Waals surface area contributed by atoms with E-state index in [1.807, 2.05) is 18.7 Å². The van der Waals surface area contributed by atoms with E-state index in [-0.39, 0.29) is 6.61 Å². The predicted molar refractivity (Wildman–Crippen MR) is 77.4 cm³/mol. The topological polar surface area (TPSA) is 44.5 Å². The molecule has 1 aromatic heterocycles. The number of aryl methyl sites for hydroxylation is 2. The molecule has 0 amide bonds. The van der Waals surface area contributed by atoms with E-state index in [0.717, 1.165) is 49.2 Å². The summed E-state index contributed by atoms with van der Waals surface area (Å²) in [7, 11) is 1.96. The molecule has 1 aliphatic rings. The molecule has 5 heteroatoms. The van der Waals surface area contributed by atoms with E-state index >= 15 is 0 Å². The Morgan fingerprint density at radius 2 is 1.84 bits per heavy atom. The first kappa shape index (κ1) is 14.3. The molecule has 1 aromatic rings. The Balaban J connectivity index is 2.05. The average molecular weight is 266 g/mol. The van der Waals surface area contributed by atoms with Crippen LogP contribution in [0.15, 0.2) is 0 Å². The van der Waals surface area contributed by atoms with Crippen LogP contribution in [0.2, 0.25) is 0 Å². The third-order valence-corrected chi connectivity index (χ3v) is 3.77. The first-order valence-electron chi connectivity index (χ1n) is 7.13. The van der Waals surface area contributed by atoms with Crippen LogP contribution in [-0.4, -0.2) is 52.5 Å². The molecule has 0 spiro atoms. The van der Waals surface area contributed by atoms with Gasteiger partial charge in [0.15, 0.2) is 0 Å². The van der Waals surface area contributed by atoms with Crippen LogP contribution in [-0.2, 0) is 13.7 Å². The molecule has 1 N–H and O–H groups in total. The average Bonchev–Trinajstić information content (AvgIpc) is 2.64. The highest BCUT2D eigenvalue weighted by Gasteiger charge is 2.23. The van der Waals surface area contributed by atoms with Gasteiger partial charge in [0.1, 0.15) is 5.82 Å². The SMILES string of the molecule is Cc1nn(C)c(N2CCN(CC(C)C)CC2)c1CO. The number of aliphatic hydroxyl groups excluding tert-OH is 1. The van der Waals surface area contributed by atoms with E-state index in [9.17, 15) is 5.11 Å². The number of rotatable bonds is 4. The molecule has 5 nitrogen and oxygen atoms in total. The normalized spacial score (nSPS) is 17.5. The highest BCUT2D eigenvalue weighted by atomic mass is 16.3. The van der Waals surface area contributed by atoms with Crippen LogP contribution < -0.4 is 4.90 Å². The Kier molecular flexibility index (Phi) is 4.47. The lowest BCUT2D eigenvalue weighted by molar-refractivity contribution is 0.229. The summed E-state index contributed by atoms with van der Waals surface area (Å²) in [5.41, 5.74) is 1.91. The van der Waals surface area contributed by atoms with E-state index in [1.165, 1.54) is 6.54 Å². The third kappa shape index (κ3) is 3.09. The Morgan fingerprint density at radius 1 is 1.21 bits per heavy atom. The summed E-state index contributed by atoms with van der Waals surface area (Å²) in [6.45, 7) is 11.9. The van der Waals surface area contributed by atoms with Gasteiger partial charge in [-0.25, -0.2) is 0 Å². The van der Waals surface area contributed by atoms with Crippen molar-refractivity contribution in [2.75, 3.05) is 37.6 Å². The minimum absolute atomic E-state index is 0.0706. The van der Waals surface area contributed by atoms with Crippen LogP contribution >= 0.6 is 0 Å². The molecule has 19 heavy (non-hydrogen) atoms. The van der Waals surface area contributed by atoms with Crippen molar-refractivity contribution < 1.29 is 5.11 Å². The summed E-state index contributed by atoms with van der Waals surface area (Å²) in [6.07, 6.45) is 0. The summed E-state index contributed by atoms with van der Waals surface area (Å²) < 4.78 is 1.90. The Bertz CT molecular complexity index is 419. The molecular formula is C14H26N4O. The van der Waals surface area contributed by atoms with Gasteiger partial charge in [0, 0.05) is 45.3 Å². The quantitative estimate of drug-likeness (QED) is 0.883. The minimum Gasteiger partial charge on any atom is -0.391 e. The molecule has 1 saturated heterocycles. The number of hydrogen-bond acceptors (Lipinski definition) is 4. The molecule has 0 unspecified atom stereocenters. The fraction of sp³-hybridized carbons (Fsp3) is 0.786. The van der Waals surface area contributed by atoms with Gasteiger partial charge in [0.05, 0.1) is 12.3 Å². The van der Waals surface area contributed by atoms with Crippen LogP contribution in [0.1, 0.15) is 25.1 Å². The van der Waals surface area contributed by atoms with Gasteiger partial charge in [0.2, 0.25) is 0 Å². The molecule has 2 rings (SSSR count). The minimum atomic E-state index is 0.0706. The monoisotopic (exact) mass is 266 g/mol. The Morgan fingerprint density at radius 3 is 2.37 bits per heavy atom. The van der Waals surface area contributed by atoms with E-state index in [2.05, 4.69) is 28.7 Å². The van der Waals surface area contributed by atoms with Gasteiger partial charge < -0.3 is 10.0 Å². The summed E-state index contributed by atoms with van der Waals surface area (Å²) >= 11 is 0. The molecule has 0 bridgehead atoms. The standard InChI is InChI=1S/C14H26N4O/c1-11(2)9-17-5-7-18(8-6-17)14-13(10-19)12(3)15-16(14)4/h11,19H,5-10H2,1-4H3. The predicted octanol–water partition coefficient (Wildman–Crippen LogP) is 0.999. The fourth-order valence-electron chi connectivity index (χ4n) is 2.93. The first-order chi connectivity index (χ1) is 9.02. The second-order valence-corrected chi connectivity index (χ2v) is 5.85. The maximum atomic E-state index is 9.52. The molecule has 0 radical (unpaired) electrons. The fourth-order valence-corrected chi connectivity index (χ4v) is 2.93. The van der Waals surface area contributed by atoms with Gasteiger partial charge >= 0.3 is 0 Å². The molecule has 0 aromatic carbocycles. The van der Waals surface area contributed by atoms with Gasteiger partial charge in [-0.1, -0.05) is 13.8 Å². The van der Waals surface area contributed by atoms with Crippen LogP contribution in [0.25, 0.3) is 0 Å². The van der Waals surface area contributed by atoms with Crippen molar-refractivity contribution in [1.82, 2.24) is 14.7 Å². The second-order valence-electron chi connectivity index (χ2n) is 5.85. The van der Waals surface area contributed by atoms with Crippen molar-refractivity contribution in [2.45, 2.75) is 27.4 Å². The molecule has 108 valence electrons. The van der Waals surface area contributed by atoms with E-state index in [4.69, 9.17) is 0 Å². The summed E-state index contributed by atoms with van der Waals surface area (Å²) in [4.78, 5) is 4.87. The number of aromatic nitrogens is 2. The van der Waals surface area contributed by atoms with E-state index < -0.39 is 0 Å². The van der Waals surface area contributed by atoms with Gasteiger partial charge in [-0.05, 0) is 12.8 Å². The number of hydrogen-bond donors (Lipinski definition) is 1. The van der Waals surface area contributed by atoms with Crippen LogP contribution in [0.3, 0.4) is 0 Å². The first-order valence-corrected chi connectivity index (χ1v) is 7.13. The van der Waals surface area contributed by atoms with Crippen molar-refractivity contribution in [2.24, 2.45) is 13.0 Å². The largest absolute Gasteiger partial charge is 0.391 e.